The molecule has 0 saturated carbocycles. The van der Waals surface area contributed by atoms with Crippen LogP contribution in [0.5, 0.6) is 0 Å². The van der Waals surface area contributed by atoms with Crippen LogP contribution in [0.3, 0.4) is 0 Å². The van der Waals surface area contributed by atoms with E-state index in [-0.39, 0.29) is 30.6 Å². The zero-order valence-corrected chi connectivity index (χ0v) is 14.1. The van der Waals surface area contributed by atoms with Crippen LogP contribution in [0.2, 0.25) is 0 Å². The molecule has 0 radical (unpaired) electrons. The second kappa shape index (κ2) is 7.92. The normalized spacial score (nSPS) is 13.9. The fourth-order valence-electron chi connectivity index (χ4n) is 2.54. The van der Waals surface area contributed by atoms with E-state index in [0.717, 1.165) is 6.08 Å². The van der Waals surface area contributed by atoms with Gasteiger partial charge in [-0.1, -0.05) is 60.7 Å². The highest BCUT2D eigenvalue weighted by molar-refractivity contribution is 6.16. The quantitative estimate of drug-likeness (QED) is 0.837. The van der Waals surface area contributed by atoms with Gasteiger partial charge in [0.25, 0.3) is 0 Å². The van der Waals surface area contributed by atoms with Crippen LogP contribution < -0.4 is 0 Å². The fraction of sp³-hybridized carbons (Fsp3) is 0.100. The van der Waals surface area contributed by atoms with Crippen LogP contribution in [-0.4, -0.2) is 23.3 Å². The molecule has 2 aromatic carbocycles. The summed E-state index contributed by atoms with van der Waals surface area (Å²) < 4.78 is 5.53. The first kappa shape index (κ1) is 18.6. The summed E-state index contributed by atoms with van der Waals surface area (Å²) in [6, 6.07) is 18.1. The predicted molar refractivity (Wildman–Crippen MR) is 96.3 cm³/mol. The van der Waals surface area contributed by atoms with E-state index in [0.29, 0.717) is 11.1 Å². The lowest BCUT2D eigenvalue weighted by Gasteiger charge is -2.29. The summed E-state index contributed by atoms with van der Waals surface area (Å²) in [4.78, 5) is 23.2. The Kier molecular flexibility index (Phi) is 5.91. The van der Waals surface area contributed by atoms with Crippen molar-refractivity contribution in [3.05, 3.63) is 95.8 Å². The largest absolute Gasteiger partial charge is 0.486 e. The van der Waals surface area contributed by atoms with Gasteiger partial charge in [0.2, 0.25) is 5.78 Å². The molecule has 25 heavy (non-hydrogen) atoms. The number of rotatable bonds is 5. The molecule has 0 amide bonds. The van der Waals surface area contributed by atoms with E-state index in [9.17, 15) is 14.7 Å². The maximum Gasteiger partial charge on any atom is 0.220 e. The topological polar surface area (TPSA) is 63.6 Å². The van der Waals surface area contributed by atoms with Crippen LogP contribution in [0.25, 0.3) is 0 Å². The zero-order chi connectivity index (χ0) is 17.0. The molecule has 0 fully saturated rings. The molecular formula is C20H17ClO4. The second-order valence-electron chi connectivity index (χ2n) is 5.49. The van der Waals surface area contributed by atoms with Crippen molar-refractivity contribution in [3.8, 4) is 0 Å². The highest BCUT2D eigenvalue weighted by atomic mass is 35.5. The molecule has 1 N–H and O–H groups in total. The minimum atomic E-state index is -1.44. The molecule has 1 aliphatic rings. The standard InChI is InChI=1S/C20H16O4.ClH/c21-17-11-12-18(22)19(13-17)24-14-20(23,15-7-3-1-4-8-15)16-9-5-2-6-10-16;/h1-13,23H,14H2;1H. The molecule has 0 saturated heterocycles. The third-order valence-corrected chi connectivity index (χ3v) is 3.85. The van der Waals surface area contributed by atoms with Crippen molar-refractivity contribution in [1.82, 2.24) is 0 Å². The molecule has 5 heteroatoms. The molecule has 0 aliphatic heterocycles. The Morgan fingerprint density at radius 2 is 1.36 bits per heavy atom. The lowest BCUT2D eigenvalue weighted by Crippen LogP contribution is -2.33. The van der Waals surface area contributed by atoms with Gasteiger partial charge in [-0.2, -0.15) is 0 Å². The number of ether oxygens (including phenoxy) is 1. The number of aliphatic hydroxyl groups is 1. The van der Waals surface area contributed by atoms with E-state index in [2.05, 4.69) is 0 Å². The van der Waals surface area contributed by atoms with Gasteiger partial charge in [-0.15, -0.1) is 12.4 Å². The van der Waals surface area contributed by atoms with Crippen LogP contribution in [0.15, 0.2) is 84.7 Å². The number of carbonyl (C=O) groups excluding carboxylic acids is 2. The summed E-state index contributed by atoms with van der Waals surface area (Å²) in [7, 11) is 0. The lowest BCUT2D eigenvalue weighted by molar-refractivity contribution is -0.118. The smallest absolute Gasteiger partial charge is 0.220 e. The maximum absolute atomic E-state index is 11.8. The highest BCUT2D eigenvalue weighted by Gasteiger charge is 2.33. The molecular weight excluding hydrogens is 340 g/mol. The first-order chi connectivity index (χ1) is 11.6. The van der Waals surface area contributed by atoms with Gasteiger partial charge < -0.3 is 9.84 Å². The summed E-state index contributed by atoms with van der Waals surface area (Å²) in [6.07, 6.45) is 3.50. The molecule has 2 aromatic rings. The number of benzene rings is 2. The van der Waals surface area contributed by atoms with E-state index in [1.54, 1.807) is 24.3 Å². The Morgan fingerprint density at radius 3 is 1.88 bits per heavy atom. The van der Waals surface area contributed by atoms with Crippen LogP contribution in [0.4, 0.5) is 0 Å². The first-order valence-electron chi connectivity index (χ1n) is 7.54. The minimum Gasteiger partial charge on any atom is -0.486 e. The van der Waals surface area contributed by atoms with Crippen molar-refractivity contribution in [2.24, 2.45) is 0 Å². The lowest BCUT2D eigenvalue weighted by atomic mass is 9.87. The second-order valence-corrected chi connectivity index (χ2v) is 5.49. The minimum absolute atomic E-state index is 0. The molecule has 0 aromatic heterocycles. The average Bonchev–Trinajstić information content (AvgIpc) is 2.63. The number of allylic oxidation sites excluding steroid dienone is 3. The maximum atomic E-state index is 11.8. The predicted octanol–water partition coefficient (Wildman–Crippen LogP) is 2.95. The summed E-state index contributed by atoms with van der Waals surface area (Å²) in [5.41, 5.74) is -0.155. The Balaban J connectivity index is 0.00000225. The number of ketones is 2. The van der Waals surface area contributed by atoms with Gasteiger partial charge >= 0.3 is 0 Å². The van der Waals surface area contributed by atoms with Gasteiger partial charge in [-0.25, -0.2) is 0 Å². The van der Waals surface area contributed by atoms with Crippen LogP contribution >= 0.6 is 12.4 Å². The van der Waals surface area contributed by atoms with Gasteiger partial charge in [0, 0.05) is 6.08 Å². The third kappa shape index (κ3) is 4.05. The van der Waals surface area contributed by atoms with Gasteiger partial charge in [0.05, 0.1) is 0 Å². The zero-order valence-electron chi connectivity index (χ0n) is 13.3. The van der Waals surface area contributed by atoms with E-state index >= 15 is 0 Å². The Morgan fingerprint density at radius 1 is 0.840 bits per heavy atom. The molecule has 0 bridgehead atoms. The number of halogens is 1. The third-order valence-electron chi connectivity index (χ3n) is 3.85. The van der Waals surface area contributed by atoms with Crippen molar-refractivity contribution in [2.45, 2.75) is 5.60 Å². The number of hydrogen-bond acceptors (Lipinski definition) is 4. The van der Waals surface area contributed by atoms with Crippen LogP contribution in [0.1, 0.15) is 11.1 Å². The van der Waals surface area contributed by atoms with E-state index < -0.39 is 11.4 Å². The van der Waals surface area contributed by atoms with E-state index in [1.165, 1.54) is 12.2 Å². The monoisotopic (exact) mass is 356 g/mol. The number of hydrogen-bond donors (Lipinski definition) is 1. The van der Waals surface area contributed by atoms with E-state index in [4.69, 9.17) is 4.74 Å². The molecule has 0 heterocycles. The number of carbonyl (C=O) groups is 2. The van der Waals surface area contributed by atoms with Gasteiger partial charge in [-0.05, 0) is 23.3 Å². The molecule has 0 atom stereocenters. The van der Waals surface area contributed by atoms with E-state index in [1.807, 2.05) is 36.4 Å². The molecule has 4 nitrogen and oxygen atoms in total. The Labute approximate surface area is 151 Å². The average molecular weight is 357 g/mol. The van der Waals surface area contributed by atoms with Crippen molar-refractivity contribution >= 4 is 24.0 Å². The first-order valence-corrected chi connectivity index (χ1v) is 7.54. The fourth-order valence-corrected chi connectivity index (χ4v) is 2.54. The van der Waals surface area contributed by atoms with Crippen molar-refractivity contribution in [3.63, 3.8) is 0 Å². The summed E-state index contributed by atoms with van der Waals surface area (Å²) in [5, 5.41) is 11.3. The van der Waals surface area contributed by atoms with Crippen LogP contribution in [0, 0.1) is 0 Å². The summed E-state index contributed by atoms with van der Waals surface area (Å²) in [5.74, 6) is -0.765. The van der Waals surface area contributed by atoms with Crippen molar-refractivity contribution < 1.29 is 19.4 Å². The van der Waals surface area contributed by atoms with Crippen molar-refractivity contribution in [2.75, 3.05) is 6.61 Å². The molecule has 1 aliphatic carbocycles. The molecule has 128 valence electrons. The molecule has 0 spiro atoms. The summed E-state index contributed by atoms with van der Waals surface area (Å²) >= 11 is 0. The molecule has 3 rings (SSSR count). The van der Waals surface area contributed by atoms with Gasteiger partial charge in [-0.3, -0.25) is 9.59 Å². The highest BCUT2D eigenvalue weighted by Crippen LogP contribution is 2.30. The van der Waals surface area contributed by atoms with Crippen LogP contribution in [-0.2, 0) is 19.9 Å². The Hall–Kier alpha value is -2.69. The van der Waals surface area contributed by atoms with Gasteiger partial charge in [0.1, 0.15) is 12.2 Å². The molecule has 0 unspecified atom stereocenters. The Bertz CT molecular complexity index is 771. The van der Waals surface area contributed by atoms with Crippen molar-refractivity contribution in [1.29, 1.82) is 0 Å². The summed E-state index contributed by atoms with van der Waals surface area (Å²) in [6.45, 7) is -0.181. The van der Waals surface area contributed by atoms with Gasteiger partial charge in [0.15, 0.2) is 11.5 Å². The SMILES string of the molecule is Cl.O=C1C=CC(=O)C(OCC(O)(c2ccccc2)c2ccccc2)=C1.